The minimum absolute atomic E-state index is 0.0458. The fourth-order valence-electron chi connectivity index (χ4n) is 3.68. The molecule has 1 aromatic heterocycles. The number of carbonyl (C=O) groups excluding carboxylic acids is 1. The highest BCUT2D eigenvalue weighted by atomic mass is 16.5. The van der Waals surface area contributed by atoms with Crippen molar-refractivity contribution in [2.75, 3.05) is 54.5 Å². The van der Waals surface area contributed by atoms with Gasteiger partial charge in [-0.25, -0.2) is 4.98 Å². The zero-order valence-electron chi connectivity index (χ0n) is 15.5. The van der Waals surface area contributed by atoms with Crippen LogP contribution in [-0.2, 0) is 9.53 Å². The number of hydrogen-bond donors (Lipinski definition) is 1. The summed E-state index contributed by atoms with van der Waals surface area (Å²) in [5.74, 6) is 1.08. The molecular formula is C21H26N4O2. The Morgan fingerprint density at radius 1 is 0.963 bits per heavy atom. The van der Waals surface area contributed by atoms with Crippen molar-refractivity contribution in [2.24, 2.45) is 5.92 Å². The third-order valence-corrected chi connectivity index (χ3v) is 5.33. The second kappa shape index (κ2) is 8.39. The quantitative estimate of drug-likeness (QED) is 0.902. The van der Waals surface area contributed by atoms with Crippen molar-refractivity contribution >= 4 is 23.1 Å². The molecular weight excluding hydrogens is 340 g/mol. The van der Waals surface area contributed by atoms with Crippen LogP contribution in [0.1, 0.15) is 12.8 Å². The van der Waals surface area contributed by atoms with E-state index in [-0.39, 0.29) is 11.8 Å². The van der Waals surface area contributed by atoms with Crippen molar-refractivity contribution in [1.29, 1.82) is 0 Å². The van der Waals surface area contributed by atoms with E-state index in [1.165, 1.54) is 5.69 Å². The van der Waals surface area contributed by atoms with E-state index in [1.54, 1.807) is 6.20 Å². The molecule has 1 aromatic carbocycles. The van der Waals surface area contributed by atoms with E-state index >= 15 is 0 Å². The van der Waals surface area contributed by atoms with Gasteiger partial charge in [0.15, 0.2) is 0 Å². The summed E-state index contributed by atoms with van der Waals surface area (Å²) in [6, 6.07) is 14.5. The van der Waals surface area contributed by atoms with Gasteiger partial charge in [-0.15, -0.1) is 0 Å². The number of anilines is 3. The summed E-state index contributed by atoms with van der Waals surface area (Å²) in [7, 11) is 0. The topological polar surface area (TPSA) is 57.7 Å². The molecule has 2 saturated heterocycles. The highest BCUT2D eigenvalue weighted by molar-refractivity contribution is 5.92. The summed E-state index contributed by atoms with van der Waals surface area (Å²) < 4.78 is 5.32. The molecule has 3 heterocycles. The van der Waals surface area contributed by atoms with Crippen LogP contribution in [-0.4, -0.2) is 50.3 Å². The Hall–Kier alpha value is -2.60. The lowest BCUT2D eigenvalue weighted by molar-refractivity contribution is -0.122. The van der Waals surface area contributed by atoms with Crippen LogP contribution in [0.2, 0.25) is 0 Å². The minimum atomic E-state index is 0.0458. The van der Waals surface area contributed by atoms with Crippen molar-refractivity contribution in [3.05, 3.63) is 48.7 Å². The Kier molecular flexibility index (Phi) is 5.53. The van der Waals surface area contributed by atoms with E-state index in [2.05, 4.69) is 44.4 Å². The third kappa shape index (κ3) is 4.39. The normalized spacial score (nSPS) is 18.4. The Morgan fingerprint density at radius 2 is 1.67 bits per heavy atom. The summed E-state index contributed by atoms with van der Waals surface area (Å²) in [6.45, 7) is 5.18. The Bertz CT molecular complexity index is 737. The summed E-state index contributed by atoms with van der Waals surface area (Å²) in [5.41, 5.74) is 2.04. The van der Waals surface area contributed by atoms with Crippen LogP contribution in [0.25, 0.3) is 0 Å². The Labute approximate surface area is 160 Å². The van der Waals surface area contributed by atoms with E-state index in [1.807, 2.05) is 18.2 Å². The van der Waals surface area contributed by atoms with Crippen LogP contribution >= 0.6 is 0 Å². The molecule has 0 saturated carbocycles. The predicted molar refractivity (Wildman–Crippen MR) is 107 cm³/mol. The number of nitrogens with zero attached hydrogens (tertiary/aromatic N) is 3. The van der Waals surface area contributed by atoms with Gasteiger partial charge in [0.25, 0.3) is 0 Å². The Balaban J connectivity index is 1.31. The smallest absolute Gasteiger partial charge is 0.227 e. The molecule has 0 atom stereocenters. The summed E-state index contributed by atoms with van der Waals surface area (Å²) in [4.78, 5) is 21.6. The molecule has 0 aliphatic carbocycles. The van der Waals surface area contributed by atoms with Gasteiger partial charge in [0.05, 0.1) is 11.9 Å². The number of benzene rings is 1. The molecule has 142 valence electrons. The standard InChI is InChI=1S/C21H26N4O2/c26-21(17-8-14-27-15-9-17)23-18-6-7-20(22-16-18)25-12-10-24(11-13-25)19-4-2-1-3-5-19/h1-7,16-17H,8-15H2,(H,23,26). The number of piperazine rings is 1. The van der Waals surface area contributed by atoms with Gasteiger partial charge in [-0.1, -0.05) is 18.2 Å². The summed E-state index contributed by atoms with van der Waals surface area (Å²) in [6.07, 6.45) is 3.35. The van der Waals surface area contributed by atoms with Gasteiger partial charge in [0, 0.05) is 51.0 Å². The number of nitrogens with one attached hydrogen (secondary N) is 1. The second-order valence-corrected chi connectivity index (χ2v) is 7.09. The molecule has 2 aliphatic rings. The number of carbonyl (C=O) groups is 1. The number of ether oxygens (including phenoxy) is 1. The van der Waals surface area contributed by atoms with Crippen molar-refractivity contribution in [3.8, 4) is 0 Å². The number of hydrogen-bond acceptors (Lipinski definition) is 5. The van der Waals surface area contributed by atoms with Gasteiger partial charge in [0.2, 0.25) is 5.91 Å². The Morgan fingerprint density at radius 3 is 2.33 bits per heavy atom. The SMILES string of the molecule is O=C(Nc1ccc(N2CCN(c3ccccc3)CC2)nc1)C1CCOCC1. The van der Waals surface area contributed by atoms with E-state index < -0.39 is 0 Å². The maximum Gasteiger partial charge on any atom is 0.227 e. The molecule has 0 spiro atoms. The predicted octanol–water partition coefficient (Wildman–Crippen LogP) is 2.77. The van der Waals surface area contributed by atoms with Gasteiger partial charge < -0.3 is 19.9 Å². The number of amides is 1. The first-order valence-corrected chi connectivity index (χ1v) is 9.69. The van der Waals surface area contributed by atoms with Crippen molar-refractivity contribution in [3.63, 3.8) is 0 Å². The highest BCUT2D eigenvalue weighted by Gasteiger charge is 2.22. The van der Waals surface area contributed by atoms with Crippen LogP contribution in [0.15, 0.2) is 48.7 Å². The average Bonchev–Trinajstić information content (AvgIpc) is 2.76. The average molecular weight is 366 g/mol. The van der Waals surface area contributed by atoms with Gasteiger partial charge in [0.1, 0.15) is 5.82 Å². The molecule has 2 aromatic rings. The van der Waals surface area contributed by atoms with Crippen LogP contribution in [0.3, 0.4) is 0 Å². The molecule has 4 rings (SSSR count). The van der Waals surface area contributed by atoms with Gasteiger partial charge in [-0.05, 0) is 37.1 Å². The lowest BCUT2D eigenvalue weighted by Gasteiger charge is -2.36. The van der Waals surface area contributed by atoms with Crippen molar-refractivity contribution in [1.82, 2.24) is 4.98 Å². The van der Waals surface area contributed by atoms with Gasteiger partial charge >= 0.3 is 0 Å². The van der Waals surface area contributed by atoms with E-state index in [0.717, 1.165) is 50.5 Å². The molecule has 27 heavy (non-hydrogen) atoms. The number of para-hydroxylation sites is 1. The second-order valence-electron chi connectivity index (χ2n) is 7.09. The molecule has 1 N–H and O–H groups in total. The number of pyridine rings is 1. The van der Waals surface area contributed by atoms with Crippen LogP contribution < -0.4 is 15.1 Å². The van der Waals surface area contributed by atoms with Gasteiger partial charge in [-0.3, -0.25) is 4.79 Å². The zero-order chi connectivity index (χ0) is 18.5. The molecule has 0 radical (unpaired) electrons. The molecule has 2 aliphatic heterocycles. The lowest BCUT2D eigenvalue weighted by Crippen LogP contribution is -2.46. The van der Waals surface area contributed by atoms with E-state index in [0.29, 0.717) is 13.2 Å². The molecule has 6 nitrogen and oxygen atoms in total. The fourth-order valence-corrected chi connectivity index (χ4v) is 3.68. The van der Waals surface area contributed by atoms with Crippen LogP contribution in [0.5, 0.6) is 0 Å². The molecule has 6 heteroatoms. The van der Waals surface area contributed by atoms with E-state index in [9.17, 15) is 4.79 Å². The highest BCUT2D eigenvalue weighted by Crippen LogP contribution is 2.21. The van der Waals surface area contributed by atoms with Crippen LogP contribution in [0.4, 0.5) is 17.2 Å². The molecule has 1 amide bonds. The summed E-state index contributed by atoms with van der Waals surface area (Å²) in [5, 5.41) is 2.99. The van der Waals surface area contributed by atoms with Gasteiger partial charge in [-0.2, -0.15) is 0 Å². The monoisotopic (exact) mass is 366 g/mol. The summed E-state index contributed by atoms with van der Waals surface area (Å²) >= 11 is 0. The minimum Gasteiger partial charge on any atom is -0.381 e. The molecule has 0 bridgehead atoms. The first kappa shape index (κ1) is 17.8. The van der Waals surface area contributed by atoms with E-state index in [4.69, 9.17) is 4.74 Å². The maximum absolute atomic E-state index is 12.3. The third-order valence-electron chi connectivity index (χ3n) is 5.33. The first-order chi connectivity index (χ1) is 13.3. The fraction of sp³-hybridized carbons (Fsp3) is 0.429. The van der Waals surface area contributed by atoms with Crippen LogP contribution in [0, 0.1) is 5.92 Å². The lowest BCUT2D eigenvalue weighted by atomic mass is 9.99. The van der Waals surface area contributed by atoms with Crippen molar-refractivity contribution in [2.45, 2.75) is 12.8 Å². The number of rotatable bonds is 4. The zero-order valence-corrected chi connectivity index (χ0v) is 15.5. The first-order valence-electron chi connectivity index (χ1n) is 9.69. The largest absolute Gasteiger partial charge is 0.381 e. The molecule has 2 fully saturated rings. The molecule has 0 unspecified atom stereocenters. The number of aromatic nitrogens is 1. The maximum atomic E-state index is 12.3. The van der Waals surface area contributed by atoms with Crippen molar-refractivity contribution < 1.29 is 9.53 Å².